The van der Waals surface area contributed by atoms with E-state index in [1.165, 1.54) is 11.3 Å². The molecule has 1 aromatic heterocycles. The SMILES string of the molecule is COc1ccccc1COc1ncc(Br)s1. The minimum Gasteiger partial charge on any atom is -0.496 e. The minimum absolute atomic E-state index is 0.462. The molecule has 5 heteroatoms. The van der Waals surface area contributed by atoms with E-state index in [1.807, 2.05) is 24.3 Å². The monoisotopic (exact) mass is 299 g/mol. The summed E-state index contributed by atoms with van der Waals surface area (Å²) in [4.78, 5) is 4.09. The van der Waals surface area contributed by atoms with Crippen molar-refractivity contribution in [3.8, 4) is 10.9 Å². The van der Waals surface area contributed by atoms with Gasteiger partial charge in [-0.05, 0) is 22.0 Å². The Morgan fingerprint density at radius 3 is 2.88 bits per heavy atom. The van der Waals surface area contributed by atoms with Crippen LogP contribution in [-0.2, 0) is 6.61 Å². The number of para-hydroxylation sites is 1. The first-order valence-corrected chi connectivity index (χ1v) is 6.26. The van der Waals surface area contributed by atoms with E-state index in [2.05, 4.69) is 20.9 Å². The van der Waals surface area contributed by atoms with Crippen molar-refractivity contribution in [2.75, 3.05) is 7.11 Å². The lowest BCUT2D eigenvalue weighted by Crippen LogP contribution is -1.97. The lowest BCUT2D eigenvalue weighted by Gasteiger charge is -2.07. The third-order valence-corrected chi connectivity index (χ3v) is 3.39. The van der Waals surface area contributed by atoms with Gasteiger partial charge in [-0.3, -0.25) is 0 Å². The number of hydrogen-bond acceptors (Lipinski definition) is 4. The highest BCUT2D eigenvalue weighted by atomic mass is 79.9. The quantitative estimate of drug-likeness (QED) is 0.866. The molecule has 0 amide bonds. The maximum absolute atomic E-state index is 5.55. The zero-order valence-electron chi connectivity index (χ0n) is 8.64. The van der Waals surface area contributed by atoms with Crippen LogP contribution in [0.4, 0.5) is 0 Å². The van der Waals surface area contributed by atoms with Crippen molar-refractivity contribution in [1.82, 2.24) is 4.98 Å². The summed E-state index contributed by atoms with van der Waals surface area (Å²) in [5.41, 5.74) is 1.01. The van der Waals surface area contributed by atoms with E-state index in [4.69, 9.17) is 9.47 Å². The van der Waals surface area contributed by atoms with Gasteiger partial charge in [0.15, 0.2) is 0 Å². The lowest BCUT2D eigenvalue weighted by molar-refractivity contribution is 0.295. The summed E-state index contributed by atoms with van der Waals surface area (Å²) in [6.07, 6.45) is 1.72. The number of methoxy groups -OCH3 is 1. The summed E-state index contributed by atoms with van der Waals surface area (Å²) in [6, 6.07) is 7.78. The molecule has 0 radical (unpaired) electrons. The zero-order chi connectivity index (χ0) is 11.4. The summed E-state index contributed by atoms with van der Waals surface area (Å²) < 4.78 is 11.7. The largest absolute Gasteiger partial charge is 0.496 e. The van der Waals surface area contributed by atoms with Gasteiger partial charge in [-0.25, -0.2) is 4.98 Å². The highest BCUT2D eigenvalue weighted by Gasteiger charge is 2.04. The third kappa shape index (κ3) is 2.74. The highest BCUT2D eigenvalue weighted by Crippen LogP contribution is 2.27. The molecular weight excluding hydrogens is 290 g/mol. The number of thiazole rings is 1. The van der Waals surface area contributed by atoms with Crippen LogP contribution in [0.25, 0.3) is 0 Å². The van der Waals surface area contributed by atoms with Crippen LogP contribution in [0, 0.1) is 0 Å². The summed E-state index contributed by atoms with van der Waals surface area (Å²) in [5, 5.41) is 0.651. The third-order valence-electron chi connectivity index (χ3n) is 2.00. The molecule has 0 aliphatic heterocycles. The van der Waals surface area contributed by atoms with Crippen molar-refractivity contribution >= 4 is 27.3 Å². The predicted octanol–water partition coefficient (Wildman–Crippen LogP) is 3.49. The number of nitrogens with zero attached hydrogens (tertiary/aromatic N) is 1. The van der Waals surface area contributed by atoms with Gasteiger partial charge in [0.25, 0.3) is 5.19 Å². The van der Waals surface area contributed by atoms with Gasteiger partial charge in [-0.1, -0.05) is 29.5 Å². The van der Waals surface area contributed by atoms with E-state index in [0.717, 1.165) is 15.1 Å². The predicted molar refractivity (Wildman–Crippen MR) is 67.1 cm³/mol. The topological polar surface area (TPSA) is 31.4 Å². The van der Waals surface area contributed by atoms with E-state index in [0.29, 0.717) is 11.8 Å². The molecule has 0 N–H and O–H groups in total. The average molecular weight is 300 g/mol. The number of aromatic nitrogens is 1. The van der Waals surface area contributed by atoms with Gasteiger partial charge in [0.1, 0.15) is 12.4 Å². The summed E-state index contributed by atoms with van der Waals surface area (Å²) in [7, 11) is 1.65. The smallest absolute Gasteiger partial charge is 0.274 e. The number of halogens is 1. The van der Waals surface area contributed by atoms with Crippen molar-refractivity contribution in [2.45, 2.75) is 6.61 Å². The molecule has 0 saturated carbocycles. The number of ether oxygens (including phenoxy) is 2. The Hall–Kier alpha value is -1.07. The fourth-order valence-electron chi connectivity index (χ4n) is 1.27. The molecule has 0 aliphatic carbocycles. The van der Waals surface area contributed by atoms with Gasteiger partial charge >= 0.3 is 0 Å². The fraction of sp³-hybridized carbons (Fsp3) is 0.182. The molecule has 2 rings (SSSR count). The summed E-state index contributed by atoms with van der Waals surface area (Å²) in [5.74, 6) is 0.832. The molecule has 0 unspecified atom stereocenters. The Morgan fingerprint density at radius 1 is 1.38 bits per heavy atom. The Balaban J connectivity index is 2.04. The van der Waals surface area contributed by atoms with Crippen molar-refractivity contribution < 1.29 is 9.47 Å². The molecule has 0 atom stereocenters. The van der Waals surface area contributed by atoms with E-state index >= 15 is 0 Å². The van der Waals surface area contributed by atoms with Gasteiger partial charge in [0.05, 0.1) is 17.1 Å². The van der Waals surface area contributed by atoms with Gasteiger partial charge in [0.2, 0.25) is 0 Å². The highest BCUT2D eigenvalue weighted by molar-refractivity contribution is 9.11. The first-order valence-electron chi connectivity index (χ1n) is 4.65. The van der Waals surface area contributed by atoms with Crippen molar-refractivity contribution in [1.29, 1.82) is 0 Å². The Labute approximate surface area is 106 Å². The Kier molecular flexibility index (Phi) is 3.79. The molecule has 16 heavy (non-hydrogen) atoms. The first-order chi connectivity index (χ1) is 7.79. The first kappa shape index (κ1) is 11.4. The summed E-state index contributed by atoms with van der Waals surface area (Å²) >= 11 is 4.80. The maximum Gasteiger partial charge on any atom is 0.274 e. The molecule has 1 aromatic carbocycles. The van der Waals surface area contributed by atoms with Crippen molar-refractivity contribution in [3.05, 3.63) is 39.8 Å². The van der Waals surface area contributed by atoms with Crippen molar-refractivity contribution in [3.63, 3.8) is 0 Å². The second-order valence-electron chi connectivity index (χ2n) is 3.03. The average Bonchev–Trinajstić information content (AvgIpc) is 2.73. The van der Waals surface area contributed by atoms with Gasteiger partial charge in [0, 0.05) is 5.56 Å². The second kappa shape index (κ2) is 5.32. The molecule has 0 bridgehead atoms. The van der Waals surface area contributed by atoms with E-state index in [1.54, 1.807) is 13.3 Å². The number of benzene rings is 1. The Morgan fingerprint density at radius 2 is 2.19 bits per heavy atom. The van der Waals surface area contributed by atoms with Crippen LogP contribution < -0.4 is 9.47 Å². The lowest BCUT2D eigenvalue weighted by atomic mass is 10.2. The van der Waals surface area contributed by atoms with Gasteiger partial charge in [-0.2, -0.15) is 0 Å². The maximum atomic E-state index is 5.55. The van der Waals surface area contributed by atoms with Crippen molar-refractivity contribution in [2.24, 2.45) is 0 Å². The molecule has 84 valence electrons. The number of rotatable bonds is 4. The Bertz CT molecular complexity index is 473. The van der Waals surface area contributed by atoms with Crippen LogP contribution in [-0.4, -0.2) is 12.1 Å². The zero-order valence-corrected chi connectivity index (χ0v) is 11.0. The normalized spacial score (nSPS) is 10.1. The van der Waals surface area contributed by atoms with Gasteiger partial charge < -0.3 is 9.47 Å². The van der Waals surface area contributed by atoms with E-state index in [-0.39, 0.29) is 0 Å². The van der Waals surface area contributed by atoms with Crippen LogP contribution in [0.1, 0.15) is 5.56 Å². The fourth-order valence-corrected chi connectivity index (χ4v) is 2.28. The molecule has 0 aliphatic rings. The van der Waals surface area contributed by atoms with Crippen LogP contribution in [0.2, 0.25) is 0 Å². The molecule has 1 heterocycles. The van der Waals surface area contributed by atoms with Crippen LogP contribution in [0.15, 0.2) is 34.2 Å². The molecular formula is C11H10BrNO2S. The van der Waals surface area contributed by atoms with Crippen LogP contribution in [0.3, 0.4) is 0 Å². The molecule has 3 nitrogen and oxygen atoms in total. The van der Waals surface area contributed by atoms with E-state index in [9.17, 15) is 0 Å². The molecule has 0 spiro atoms. The minimum atomic E-state index is 0.462. The van der Waals surface area contributed by atoms with E-state index < -0.39 is 0 Å². The molecule has 2 aromatic rings. The summed E-state index contributed by atoms with van der Waals surface area (Å²) in [6.45, 7) is 0.462. The molecule has 0 fully saturated rings. The molecule has 0 saturated heterocycles. The van der Waals surface area contributed by atoms with Crippen LogP contribution >= 0.6 is 27.3 Å². The van der Waals surface area contributed by atoms with Crippen LogP contribution in [0.5, 0.6) is 10.9 Å². The second-order valence-corrected chi connectivity index (χ2v) is 5.40. The number of hydrogen-bond donors (Lipinski definition) is 0. The standard InChI is InChI=1S/C11H10BrNO2S/c1-14-9-5-3-2-4-8(9)7-15-11-13-6-10(12)16-11/h2-6H,7H2,1H3. The van der Waals surface area contributed by atoms with Gasteiger partial charge in [-0.15, -0.1) is 0 Å².